The summed E-state index contributed by atoms with van der Waals surface area (Å²) >= 11 is 3.29. The predicted octanol–water partition coefficient (Wildman–Crippen LogP) is 1.71. The largest absolute Gasteiger partial charge is 0.354 e. The average Bonchev–Trinajstić information content (AvgIpc) is 3.33. The molecule has 0 bridgehead atoms. The van der Waals surface area contributed by atoms with E-state index in [0.717, 1.165) is 22.2 Å². The van der Waals surface area contributed by atoms with Gasteiger partial charge in [0.15, 0.2) is 0 Å². The number of imide groups is 1. The van der Waals surface area contributed by atoms with Crippen LogP contribution in [0, 0.1) is 5.92 Å². The number of halogens is 2. The number of carbonyl (C=O) groups excluding carboxylic acids is 3. The summed E-state index contributed by atoms with van der Waals surface area (Å²) in [6.45, 7) is 0.521. The van der Waals surface area contributed by atoms with Gasteiger partial charge in [-0.3, -0.25) is 19.3 Å². The first kappa shape index (κ1) is 18.9. The van der Waals surface area contributed by atoms with Crippen LogP contribution in [0.3, 0.4) is 0 Å². The highest BCUT2D eigenvalue weighted by Gasteiger charge is 2.35. The van der Waals surface area contributed by atoms with Crippen molar-refractivity contribution in [3.05, 3.63) is 33.8 Å². The van der Waals surface area contributed by atoms with E-state index in [0.29, 0.717) is 23.6 Å². The second kappa shape index (κ2) is 7.63. The number of amides is 3. The lowest BCUT2D eigenvalue weighted by Crippen LogP contribution is -2.40. The molecule has 24 heavy (non-hydrogen) atoms. The lowest BCUT2D eigenvalue weighted by Gasteiger charge is -2.15. The van der Waals surface area contributed by atoms with Crippen molar-refractivity contribution in [2.75, 3.05) is 13.1 Å². The molecule has 1 atom stereocenters. The first-order chi connectivity index (χ1) is 11.0. The van der Waals surface area contributed by atoms with Gasteiger partial charge in [0.05, 0.1) is 11.1 Å². The third kappa shape index (κ3) is 3.96. The maximum Gasteiger partial charge on any atom is 0.261 e. The van der Waals surface area contributed by atoms with Gasteiger partial charge in [-0.1, -0.05) is 15.9 Å². The van der Waals surface area contributed by atoms with E-state index in [4.69, 9.17) is 5.73 Å². The highest BCUT2D eigenvalue weighted by Crippen LogP contribution is 2.31. The minimum atomic E-state index is -0.353. The SMILES string of the molecule is Cl.NC(CNC(=O)CCN1C(=O)c2ccc(Br)cc2C1=O)C1CC1. The number of nitrogens with two attached hydrogens (primary N) is 1. The predicted molar refractivity (Wildman–Crippen MR) is 95.1 cm³/mol. The summed E-state index contributed by atoms with van der Waals surface area (Å²) in [7, 11) is 0. The number of hydrogen-bond donors (Lipinski definition) is 2. The Hall–Kier alpha value is -1.44. The van der Waals surface area contributed by atoms with Crippen LogP contribution in [-0.4, -0.2) is 41.8 Å². The molecule has 130 valence electrons. The van der Waals surface area contributed by atoms with Crippen molar-refractivity contribution in [3.8, 4) is 0 Å². The van der Waals surface area contributed by atoms with E-state index in [9.17, 15) is 14.4 Å². The summed E-state index contributed by atoms with van der Waals surface area (Å²) in [5.41, 5.74) is 6.68. The molecule has 1 aliphatic carbocycles. The third-order valence-corrected chi connectivity index (χ3v) is 4.75. The zero-order chi connectivity index (χ0) is 16.6. The zero-order valence-electron chi connectivity index (χ0n) is 13.0. The highest BCUT2D eigenvalue weighted by atomic mass is 79.9. The molecule has 6 nitrogen and oxygen atoms in total. The number of nitrogens with zero attached hydrogens (tertiary/aromatic N) is 1. The number of hydrogen-bond acceptors (Lipinski definition) is 4. The van der Waals surface area contributed by atoms with E-state index in [1.54, 1.807) is 18.2 Å². The summed E-state index contributed by atoms with van der Waals surface area (Å²) in [6, 6.07) is 4.97. The van der Waals surface area contributed by atoms with E-state index in [1.165, 1.54) is 0 Å². The first-order valence-corrected chi connectivity index (χ1v) is 8.44. The third-order valence-electron chi connectivity index (χ3n) is 4.26. The van der Waals surface area contributed by atoms with Gasteiger partial charge in [0.2, 0.25) is 5.91 Å². The molecule has 3 amide bonds. The van der Waals surface area contributed by atoms with Gasteiger partial charge in [0, 0.05) is 30.0 Å². The second-order valence-corrected chi connectivity index (χ2v) is 6.92. The molecule has 1 unspecified atom stereocenters. The van der Waals surface area contributed by atoms with Gasteiger partial charge in [-0.15, -0.1) is 12.4 Å². The molecule has 1 aromatic carbocycles. The van der Waals surface area contributed by atoms with Crippen LogP contribution < -0.4 is 11.1 Å². The highest BCUT2D eigenvalue weighted by molar-refractivity contribution is 9.10. The molecule has 0 spiro atoms. The molecule has 3 N–H and O–H groups in total. The van der Waals surface area contributed by atoms with Gasteiger partial charge in [-0.25, -0.2) is 0 Å². The van der Waals surface area contributed by atoms with Crippen LogP contribution in [0.15, 0.2) is 22.7 Å². The molecule has 3 rings (SSSR count). The van der Waals surface area contributed by atoms with Crippen LogP contribution in [0.5, 0.6) is 0 Å². The fourth-order valence-electron chi connectivity index (χ4n) is 2.69. The monoisotopic (exact) mass is 415 g/mol. The Bertz CT molecular complexity index is 679. The Labute approximate surface area is 154 Å². The van der Waals surface area contributed by atoms with E-state index in [1.807, 2.05) is 0 Å². The number of carbonyl (C=O) groups is 3. The lowest BCUT2D eigenvalue weighted by atomic mass is 10.1. The molecular weight excluding hydrogens is 398 g/mol. The molecule has 0 aromatic heterocycles. The summed E-state index contributed by atoms with van der Waals surface area (Å²) in [4.78, 5) is 37.5. The standard InChI is InChI=1S/C16H18BrN3O3.ClH/c17-10-3-4-11-12(7-10)16(23)20(15(11)22)6-5-14(21)19-8-13(18)9-1-2-9;/h3-4,7,9,13H,1-2,5-6,8,18H2,(H,19,21);1H. The fourth-order valence-corrected chi connectivity index (χ4v) is 3.05. The van der Waals surface area contributed by atoms with Gasteiger partial charge in [0.25, 0.3) is 11.8 Å². The maximum atomic E-state index is 12.3. The van der Waals surface area contributed by atoms with Crippen LogP contribution in [0.2, 0.25) is 0 Å². The second-order valence-electron chi connectivity index (χ2n) is 6.01. The Kier molecular flexibility index (Phi) is 6.01. The summed E-state index contributed by atoms with van der Waals surface area (Å²) < 4.78 is 0.742. The average molecular weight is 417 g/mol. The van der Waals surface area contributed by atoms with Gasteiger partial charge >= 0.3 is 0 Å². The van der Waals surface area contributed by atoms with Crippen molar-refractivity contribution in [1.82, 2.24) is 10.2 Å². The van der Waals surface area contributed by atoms with Gasteiger partial charge in [-0.05, 0) is 37.0 Å². The molecular formula is C16H19BrClN3O3. The normalized spacial score (nSPS) is 17.3. The number of fused-ring (bicyclic) bond motifs is 1. The summed E-state index contributed by atoms with van der Waals surface area (Å²) in [6.07, 6.45) is 2.34. The fraction of sp³-hybridized carbons (Fsp3) is 0.438. The summed E-state index contributed by atoms with van der Waals surface area (Å²) in [5.74, 6) is -0.377. The number of nitrogens with one attached hydrogen (secondary N) is 1. The minimum absolute atomic E-state index is 0. The maximum absolute atomic E-state index is 12.3. The first-order valence-electron chi connectivity index (χ1n) is 7.65. The van der Waals surface area contributed by atoms with Crippen molar-refractivity contribution in [2.45, 2.75) is 25.3 Å². The zero-order valence-corrected chi connectivity index (χ0v) is 15.4. The van der Waals surface area contributed by atoms with E-state index in [2.05, 4.69) is 21.2 Å². The van der Waals surface area contributed by atoms with E-state index < -0.39 is 0 Å². The molecule has 1 saturated carbocycles. The van der Waals surface area contributed by atoms with Crippen LogP contribution in [-0.2, 0) is 4.79 Å². The Morgan fingerprint density at radius 1 is 1.29 bits per heavy atom. The minimum Gasteiger partial charge on any atom is -0.354 e. The molecule has 2 aliphatic rings. The quantitative estimate of drug-likeness (QED) is 0.691. The van der Waals surface area contributed by atoms with Crippen LogP contribution >= 0.6 is 28.3 Å². The van der Waals surface area contributed by atoms with Crippen molar-refractivity contribution < 1.29 is 14.4 Å². The van der Waals surface area contributed by atoms with Gasteiger partial charge in [-0.2, -0.15) is 0 Å². The topological polar surface area (TPSA) is 92.5 Å². The lowest BCUT2D eigenvalue weighted by molar-refractivity contribution is -0.121. The van der Waals surface area contributed by atoms with E-state index in [-0.39, 0.29) is 49.1 Å². The van der Waals surface area contributed by atoms with Crippen LogP contribution in [0.1, 0.15) is 40.0 Å². The number of benzene rings is 1. The van der Waals surface area contributed by atoms with Crippen molar-refractivity contribution in [3.63, 3.8) is 0 Å². The van der Waals surface area contributed by atoms with Gasteiger partial charge < -0.3 is 11.1 Å². The molecule has 1 fully saturated rings. The van der Waals surface area contributed by atoms with Crippen molar-refractivity contribution >= 4 is 46.1 Å². The molecule has 0 saturated heterocycles. The van der Waals surface area contributed by atoms with Crippen LogP contribution in [0.25, 0.3) is 0 Å². The molecule has 0 radical (unpaired) electrons. The Morgan fingerprint density at radius 3 is 2.62 bits per heavy atom. The number of rotatable bonds is 6. The van der Waals surface area contributed by atoms with E-state index >= 15 is 0 Å². The Morgan fingerprint density at radius 2 is 1.96 bits per heavy atom. The molecule has 1 heterocycles. The van der Waals surface area contributed by atoms with Crippen LogP contribution in [0.4, 0.5) is 0 Å². The summed E-state index contributed by atoms with van der Waals surface area (Å²) in [5, 5.41) is 2.77. The Balaban J connectivity index is 0.00000208. The smallest absolute Gasteiger partial charge is 0.261 e. The van der Waals surface area contributed by atoms with Crippen molar-refractivity contribution in [1.29, 1.82) is 0 Å². The molecule has 8 heteroatoms. The molecule has 1 aliphatic heterocycles. The van der Waals surface area contributed by atoms with Gasteiger partial charge in [0.1, 0.15) is 0 Å². The van der Waals surface area contributed by atoms with Crippen molar-refractivity contribution in [2.24, 2.45) is 11.7 Å². The molecule has 1 aromatic rings.